The summed E-state index contributed by atoms with van der Waals surface area (Å²) in [4.78, 5) is 1.94. The van der Waals surface area contributed by atoms with Crippen molar-refractivity contribution >= 4 is 0 Å². The normalized spacial score (nSPS) is 18.5. The molecule has 1 saturated heterocycles. The Morgan fingerprint density at radius 1 is 1.14 bits per heavy atom. The fraction of sp³-hybridized carbons (Fsp3) is 0.571. The van der Waals surface area contributed by atoms with Crippen LogP contribution in [0.2, 0.25) is 0 Å². The van der Waals surface area contributed by atoms with Gasteiger partial charge in [0.05, 0.1) is 6.04 Å². The van der Waals surface area contributed by atoms with Gasteiger partial charge in [0.25, 0.3) is 0 Å². The van der Waals surface area contributed by atoms with Crippen molar-refractivity contribution in [1.82, 2.24) is 10.2 Å². The lowest BCUT2D eigenvalue weighted by atomic mass is 10.1. The summed E-state index contributed by atoms with van der Waals surface area (Å²) < 4.78 is 67.0. The second-order valence-corrected chi connectivity index (χ2v) is 4.99. The molecule has 0 unspecified atom stereocenters. The van der Waals surface area contributed by atoms with Gasteiger partial charge in [-0.3, -0.25) is 4.90 Å². The van der Waals surface area contributed by atoms with Gasteiger partial charge < -0.3 is 10.1 Å². The van der Waals surface area contributed by atoms with Gasteiger partial charge >= 0.3 is 12.5 Å². The van der Waals surface area contributed by atoms with Crippen LogP contribution < -0.4 is 10.1 Å². The number of benzene rings is 1. The van der Waals surface area contributed by atoms with Crippen LogP contribution in [0.5, 0.6) is 5.75 Å². The van der Waals surface area contributed by atoms with Crippen molar-refractivity contribution in [3.63, 3.8) is 0 Å². The van der Waals surface area contributed by atoms with Crippen LogP contribution in [0.4, 0.5) is 22.0 Å². The van der Waals surface area contributed by atoms with Crippen molar-refractivity contribution < 1.29 is 26.7 Å². The lowest BCUT2D eigenvalue weighted by Gasteiger charge is -2.33. The van der Waals surface area contributed by atoms with Crippen LogP contribution in [0.1, 0.15) is 11.6 Å². The molecule has 0 spiro atoms. The summed E-state index contributed by atoms with van der Waals surface area (Å²) in [6.45, 7) is 2.23. The Labute approximate surface area is 125 Å². The summed E-state index contributed by atoms with van der Waals surface area (Å²) in [7, 11) is 0. The molecule has 22 heavy (non-hydrogen) atoms. The molecule has 0 aromatic heterocycles. The zero-order valence-electron chi connectivity index (χ0n) is 11.7. The summed E-state index contributed by atoms with van der Waals surface area (Å²) in [5.41, 5.74) is 0.595. The maximum absolute atomic E-state index is 13.3. The van der Waals surface area contributed by atoms with E-state index in [1.54, 1.807) is 0 Å². The van der Waals surface area contributed by atoms with E-state index in [9.17, 15) is 22.0 Å². The van der Waals surface area contributed by atoms with Crippen LogP contribution in [-0.4, -0.2) is 50.3 Å². The summed E-state index contributed by atoms with van der Waals surface area (Å²) >= 11 is 0. The molecule has 0 aliphatic carbocycles. The average Bonchev–Trinajstić information content (AvgIpc) is 2.50. The highest BCUT2D eigenvalue weighted by atomic mass is 19.3. The Morgan fingerprint density at radius 2 is 1.73 bits per heavy atom. The highest BCUT2D eigenvalue weighted by Gasteiger charge is 2.43. The minimum atomic E-state index is -4.54. The first kappa shape index (κ1) is 17.0. The molecule has 1 aromatic carbocycles. The van der Waals surface area contributed by atoms with Gasteiger partial charge in [-0.05, 0) is 17.7 Å². The highest BCUT2D eigenvalue weighted by molar-refractivity contribution is 5.29. The zero-order valence-corrected chi connectivity index (χ0v) is 11.7. The monoisotopic (exact) mass is 324 g/mol. The Kier molecular flexibility index (Phi) is 5.57. The number of halogens is 5. The van der Waals surface area contributed by atoms with Crippen LogP contribution in [0, 0.1) is 0 Å². The Hall–Kier alpha value is -1.41. The lowest BCUT2D eigenvalue weighted by Crippen LogP contribution is -2.45. The summed E-state index contributed by atoms with van der Waals surface area (Å²) in [6, 6.07) is 4.66. The van der Waals surface area contributed by atoms with E-state index in [1.165, 1.54) is 12.1 Å². The highest BCUT2D eigenvalue weighted by Crippen LogP contribution is 2.29. The molecule has 0 saturated carbocycles. The van der Waals surface area contributed by atoms with Gasteiger partial charge in [0, 0.05) is 26.2 Å². The van der Waals surface area contributed by atoms with E-state index in [-0.39, 0.29) is 5.75 Å². The van der Waals surface area contributed by atoms with E-state index in [1.807, 2.05) is 4.90 Å². The standard InChI is InChI=1S/C14H17F5N2O/c15-9-12(21-7-5-20-6-8-21)10-1-3-11(4-2-10)22-14(18,19)13(16)17/h1-4,12-13,20H,5-9H2/t12-/m1/s1. The predicted octanol–water partition coefficient (Wildman–Crippen LogP) is 2.84. The fourth-order valence-corrected chi connectivity index (χ4v) is 2.35. The molecule has 1 atom stereocenters. The summed E-state index contributed by atoms with van der Waals surface area (Å²) in [5.74, 6) is -0.382. The first-order chi connectivity index (χ1) is 10.4. The van der Waals surface area contributed by atoms with Crippen LogP contribution in [-0.2, 0) is 0 Å². The smallest absolute Gasteiger partial charge is 0.428 e. The van der Waals surface area contributed by atoms with Crippen molar-refractivity contribution in [2.45, 2.75) is 18.6 Å². The zero-order chi connectivity index (χ0) is 16.2. The minimum Gasteiger partial charge on any atom is -0.428 e. The quantitative estimate of drug-likeness (QED) is 0.815. The van der Waals surface area contributed by atoms with Gasteiger partial charge in [-0.1, -0.05) is 12.1 Å². The van der Waals surface area contributed by atoms with E-state index in [4.69, 9.17) is 0 Å². The molecular weight excluding hydrogens is 307 g/mol. The van der Waals surface area contributed by atoms with Gasteiger partial charge in [-0.15, -0.1) is 0 Å². The maximum atomic E-state index is 13.3. The molecule has 1 aliphatic rings. The molecule has 3 nitrogen and oxygen atoms in total. The SMILES string of the molecule is FC[C@H](c1ccc(OC(F)(F)C(F)F)cc1)N1CCNCC1. The summed E-state index contributed by atoms with van der Waals surface area (Å²) in [6.07, 6.45) is -8.45. The van der Waals surface area contributed by atoms with Crippen molar-refractivity contribution in [1.29, 1.82) is 0 Å². The summed E-state index contributed by atoms with van der Waals surface area (Å²) in [5, 5.41) is 3.15. The number of ether oxygens (including phenoxy) is 1. The first-order valence-electron chi connectivity index (χ1n) is 6.89. The van der Waals surface area contributed by atoms with Gasteiger partial charge in [-0.25, -0.2) is 4.39 Å². The van der Waals surface area contributed by atoms with Gasteiger partial charge in [-0.2, -0.15) is 17.6 Å². The lowest BCUT2D eigenvalue weighted by molar-refractivity contribution is -0.253. The Morgan fingerprint density at radius 3 is 2.23 bits per heavy atom. The molecule has 1 aromatic rings. The molecule has 8 heteroatoms. The third kappa shape index (κ3) is 4.07. The van der Waals surface area contributed by atoms with E-state index in [0.717, 1.165) is 25.2 Å². The number of piperazine rings is 1. The number of nitrogens with one attached hydrogen (secondary N) is 1. The average molecular weight is 324 g/mol. The molecule has 1 heterocycles. The molecular formula is C14H17F5N2O. The number of nitrogens with zero attached hydrogens (tertiary/aromatic N) is 1. The third-order valence-corrected chi connectivity index (χ3v) is 3.51. The molecule has 0 bridgehead atoms. The van der Waals surface area contributed by atoms with E-state index < -0.39 is 25.3 Å². The second-order valence-electron chi connectivity index (χ2n) is 4.99. The number of rotatable bonds is 6. The molecule has 1 N–H and O–H groups in total. The number of hydrogen-bond acceptors (Lipinski definition) is 3. The van der Waals surface area contributed by atoms with Crippen molar-refractivity contribution in [2.75, 3.05) is 32.9 Å². The largest absolute Gasteiger partial charge is 0.461 e. The van der Waals surface area contributed by atoms with Crippen LogP contribution in [0.3, 0.4) is 0 Å². The fourth-order valence-electron chi connectivity index (χ4n) is 2.35. The third-order valence-electron chi connectivity index (χ3n) is 3.51. The molecule has 0 radical (unpaired) electrons. The van der Waals surface area contributed by atoms with Crippen LogP contribution in [0.25, 0.3) is 0 Å². The first-order valence-corrected chi connectivity index (χ1v) is 6.89. The van der Waals surface area contributed by atoms with E-state index >= 15 is 0 Å². The number of alkyl halides is 5. The van der Waals surface area contributed by atoms with E-state index in [0.29, 0.717) is 18.7 Å². The molecule has 1 fully saturated rings. The van der Waals surface area contributed by atoms with Crippen LogP contribution >= 0.6 is 0 Å². The topological polar surface area (TPSA) is 24.5 Å². The minimum absolute atomic E-state index is 0.382. The number of hydrogen-bond donors (Lipinski definition) is 1. The van der Waals surface area contributed by atoms with E-state index in [2.05, 4.69) is 10.1 Å². The second kappa shape index (κ2) is 7.23. The Balaban J connectivity index is 2.06. The Bertz CT molecular complexity index is 463. The maximum Gasteiger partial charge on any atom is 0.461 e. The van der Waals surface area contributed by atoms with Gasteiger partial charge in [0.1, 0.15) is 12.4 Å². The van der Waals surface area contributed by atoms with Gasteiger partial charge in [0.2, 0.25) is 0 Å². The van der Waals surface area contributed by atoms with Crippen LogP contribution in [0.15, 0.2) is 24.3 Å². The van der Waals surface area contributed by atoms with Crippen molar-refractivity contribution in [3.8, 4) is 5.75 Å². The van der Waals surface area contributed by atoms with Crippen molar-refractivity contribution in [2.24, 2.45) is 0 Å². The molecule has 2 rings (SSSR count). The molecule has 0 amide bonds. The van der Waals surface area contributed by atoms with Crippen molar-refractivity contribution in [3.05, 3.63) is 29.8 Å². The predicted molar refractivity (Wildman–Crippen MR) is 71.2 cm³/mol. The van der Waals surface area contributed by atoms with Gasteiger partial charge in [0.15, 0.2) is 0 Å². The molecule has 124 valence electrons. The molecule has 1 aliphatic heterocycles.